The minimum atomic E-state index is 0.349. The van der Waals surface area contributed by atoms with Gasteiger partial charge < -0.3 is 9.47 Å². The van der Waals surface area contributed by atoms with Crippen LogP contribution in [0.15, 0.2) is 55.0 Å². The molecule has 0 spiro atoms. The summed E-state index contributed by atoms with van der Waals surface area (Å²) in [5.41, 5.74) is 6.72. The molecule has 0 fully saturated rings. The summed E-state index contributed by atoms with van der Waals surface area (Å²) in [5, 5.41) is 8.41. The zero-order chi connectivity index (χ0) is 20.7. The molecular formula is C23H25N7. The molecule has 4 aromatic rings. The molecule has 0 saturated carbocycles. The van der Waals surface area contributed by atoms with Gasteiger partial charge in [-0.3, -0.25) is 4.98 Å². The third-order valence-electron chi connectivity index (χ3n) is 5.70. The van der Waals surface area contributed by atoms with E-state index < -0.39 is 0 Å². The van der Waals surface area contributed by atoms with E-state index in [9.17, 15) is 0 Å². The number of rotatable bonds is 4. The lowest BCUT2D eigenvalue weighted by Gasteiger charge is -2.31. The molecule has 1 aromatic carbocycles. The van der Waals surface area contributed by atoms with E-state index in [1.165, 1.54) is 11.4 Å². The van der Waals surface area contributed by atoms with Crippen LogP contribution in [0.25, 0.3) is 16.9 Å². The van der Waals surface area contributed by atoms with Crippen LogP contribution in [0.2, 0.25) is 0 Å². The van der Waals surface area contributed by atoms with E-state index in [2.05, 4.69) is 75.8 Å². The Morgan fingerprint density at radius 2 is 1.63 bits per heavy atom. The Labute approximate surface area is 176 Å². The van der Waals surface area contributed by atoms with Crippen LogP contribution in [0.1, 0.15) is 37.0 Å². The maximum absolute atomic E-state index is 4.96. The third-order valence-corrected chi connectivity index (χ3v) is 5.70. The standard InChI is InChI=1S/C23H25N7/c1-16(2)22-20(5-4-10-24-22)23-21-15-28(13-14-29(21)17(3)27-23)18-6-8-19(9-7-18)30-25-11-12-26-30/h4-12,16H,13-15H2,1-3H3. The second-order valence-electron chi connectivity index (χ2n) is 7.95. The smallest absolute Gasteiger partial charge is 0.106 e. The van der Waals surface area contributed by atoms with Gasteiger partial charge in [0.15, 0.2) is 0 Å². The molecular weight excluding hydrogens is 374 g/mol. The zero-order valence-corrected chi connectivity index (χ0v) is 17.5. The highest BCUT2D eigenvalue weighted by atomic mass is 15.5. The summed E-state index contributed by atoms with van der Waals surface area (Å²) < 4.78 is 2.35. The van der Waals surface area contributed by atoms with Crippen molar-refractivity contribution in [3.05, 3.63) is 72.2 Å². The highest BCUT2D eigenvalue weighted by Crippen LogP contribution is 2.33. The van der Waals surface area contributed by atoms with Crippen molar-refractivity contribution in [2.45, 2.75) is 39.8 Å². The molecule has 1 aliphatic rings. The van der Waals surface area contributed by atoms with Gasteiger partial charge in [0, 0.05) is 30.5 Å². The van der Waals surface area contributed by atoms with Crippen molar-refractivity contribution in [2.24, 2.45) is 0 Å². The van der Waals surface area contributed by atoms with Crippen molar-refractivity contribution in [3.63, 3.8) is 0 Å². The van der Waals surface area contributed by atoms with Crippen molar-refractivity contribution in [3.8, 4) is 16.9 Å². The molecule has 4 heterocycles. The van der Waals surface area contributed by atoms with Gasteiger partial charge in [-0.1, -0.05) is 13.8 Å². The van der Waals surface area contributed by atoms with E-state index in [-0.39, 0.29) is 0 Å². The molecule has 0 unspecified atom stereocenters. The molecule has 30 heavy (non-hydrogen) atoms. The maximum Gasteiger partial charge on any atom is 0.106 e. The second kappa shape index (κ2) is 7.40. The van der Waals surface area contributed by atoms with Gasteiger partial charge >= 0.3 is 0 Å². The van der Waals surface area contributed by atoms with E-state index in [0.717, 1.165) is 48.1 Å². The number of anilines is 1. The molecule has 0 atom stereocenters. The Hall–Kier alpha value is -3.48. The number of benzene rings is 1. The normalized spacial score (nSPS) is 13.7. The summed E-state index contributed by atoms with van der Waals surface area (Å²) in [4.78, 5) is 13.6. The number of aromatic nitrogens is 6. The van der Waals surface area contributed by atoms with Crippen LogP contribution in [0, 0.1) is 6.92 Å². The molecule has 0 radical (unpaired) electrons. The summed E-state index contributed by atoms with van der Waals surface area (Å²) in [6.45, 7) is 9.16. The second-order valence-corrected chi connectivity index (χ2v) is 7.95. The van der Waals surface area contributed by atoms with Crippen LogP contribution in [-0.4, -0.2) is 36.1 Å². The monoisotopic (exact) mass is 399 g/mol. The minimum Gasteiger partial charge on any atom is -0.364 e. The summed E-state index contributed by atoms with van der Waals surface area (Å²) in [6, 6.07) is 12.6. The lowest BCUT2D eigenvalue weighted by molar-refractivity contribution is 0.560. The first-order valence-electron chi connectivity index (χ1n) is 10.3. The molecule has 0 N–H and O–H groups in total. The molecule has 1 aliphatic heterocycles. The Morgan fingerprint density at radius 1 is 0.900 bits per heavy atom. The fraction of sp³-hybridized carbons (Fsp3) is 0.304. The largest absolute Gasteiger partial charge is 0.364 e. The van der Waals surface area contributed by atoms with E-state index in [4.69, 9.17) is 4.98 Å². The molecule has 0 amide bonds. The molecule has 152 valence electrons. The highest BCUT2D eigenvalue weighted by Gasteiger charge is 2.25. The molecule has 0 bridgehead atoms. The average Bonchev–Trinajstić information content (AvgIpc) is 3.42. The first-order valence-corrected chi connectivity index (χ1v) is 10.3. The number of hydrogen-bond donors (Lipinski definition) is 0. The van der Waals surface area contributed by atoms with Crippen LogP contribution in [0.4, 0.5) is 5.69 Å². The summed E-state index contributed by atoms with van der Waals surface area (Å²) >= 11 is 0. The average molecular weight is 400 g/mol. The molecule has 0 aliphatic carbocycles. The number of nitrogens with zero attached hydrogens (tertiary/aromatic N) is 7. The SMILES string of the molecule is Cc1nc(-c2cccnc2C(C)C)c2n1CCN(c1ccc(-n3nccn3)cc1)C2. The Balaban J connectivity index is 1.49. The minimum absolute atomic E-state index is 0.349. The lowest BCUT2D eigenvalue weighted by Crippen LogP contribution is -2.34. The lowest BCUT2D eigenvalue weighted by atomic mass is 10.00. The van der Waals surface area contributed by atoms with Gasteiger partial charge in [-0.2, -0.15) is 15.0 Å². The van der Waals surface area contributed by atoms with Crippen LogP contribution in [-0.2, 0) is 13.1 Å². The van der Waals surface area contributed by atoms with Crippen LogP contribution in [0.5, 0.6) is 0 Å². The van der Waals surface area contributed by atoms with E-state index >= 15 is 0 Å². The topological polar surface area (TPSA) is 64.7 Å². The van der Waals surface area contributed by atoms with Crippen molar-refractivity contribution in [1.29, 1.82) is 0 Å². The first kappa shape index (κ1) is 18.5. The number of aryl methyl sites for hydroxylation is 1. The fourth-order valence-electron chi connectivity index (χ4n) is 4.21. The van der Waals surface area contributed by atoms with Crippen molar-refractivity contribution in [2.75, 3.05) is 11.4 Å². The predicted molar refractivity (Wildman–Crippen MR) is 117 cm³/mol. The predicted octanol–water partition coefficient (Wildman–Crippen LogP) is 3.98. The molecule has 7 nitrogen and oxygen atoms in total. The summed E-state index contributed by atoms with van der Waals surface area (Å²) in [5.74, 6) is 1.42. The first-order chi connectivity index (χ1) is 14.6. The van der Waals surface area contributed by atoms with Crippen molar-refractivity contribution < 1.29 is 0 Å². The highest BCUT2D eigenvalue weighted by molar-refractivity contribution is 5.67. The van der Waals surface area contributed by atoms with Crippen LogP contribution >= 0.6 is 0 Å². The Bertz CT molecular complexity index is 1160. The van der Waals surface area contributed by atoms with Gasteiger partial charge in [-0.05, 0) is 49.2 Å². The van der Waals surface area contributed by atoms with Crippen LogP contribution < -0.4 is 4.90 Å². The molecule has 3 aromatic heterocycles. The number of fused-ring (bicyclic) bond motifs is 1. The van der Waals surface area contributed by atoms with Gasteiger partial charge in [0.1, 0.15) is 5.82 Å². The number of pyridine rings is 1. The maximum atomic E-state index is 4.96. The van der Waals surface area contributed by atoms with E-state index in [1.54, 1.807) is 17.2 Å². The Kier molecular flexibility index (Phi) is 4.58. The number of imidazole rings is 1. The Morgan fingerprint density at radius 3 is 2.37 bits per heavy atom. The van der Waals surface area contributed by atoms with Crippen molar-refractivity contribution >= 4 is 5.69 Å². The third kappa shape index (κ3) is 3.16. The molecule has 5 rings (SSSR count). The van der Waals surface area contributed by atoms with E-state index in [0.29, 0.717) is 5.92 Å². The summed E-state index contributed by atoms with van der Waals surface area (Å²) in [7, 11) is 0. The summed E-state index contributed by atoms with van der Waals surface area (Å²) in [6.07, 6.45) is 5.25. The zero-order valence-electron chi connectivity index (χ0n) is 17.5. The molecule has 7 heteroatoms. The van der Waals surface area contributed by atoms with Gasteiger partial charge in [0.05, 0.1) is 41.7 Å². The quantitative estimate of drug-likeness (QED) is 0.519. The van der Waals surface area contributed by atoms with Gasteiger partial charge in [-0.25, -0.2) is 4.98 Å². The number of hydrogen-bond acceptors (Lipinski definition) is 5. The van der Waals surface area contributed by atoms with Gasteiger partial charge in [0.25, 0.3) is 0 Å². The van der Waals surface area contributed by atoms with Crippen molar-refractivity contribution in [1.82, 2.24) is 29.5 Å². The van der Waals surface area contributed by atoms with E-state index in [1.807, 2.05) is 12.3 Å². The van der Waals surface area contributed by atoms with Gasteiger partial charge in [-0.15, -0.1) is 0 Å². The molecule has 0 saturated heterocycles. The van der Waals surface area contributed by atoms with Gasteiger partial charge in [0.2, 0.25) is 0 Å². The van der Waals surface area contributed by atoms with Crippen LogP contribution in [0.3, 0.4) is 0 Å². The fourth-order valence-corrected chi connectivity index (χ4v) is 4.21.